The van der Waals surface area contributed by atoms with Crippen molar-refractivity contribution in [1.82, 2.24) is 4.90 Å². The zero-order chi connectivity index (χ0) is 7.86. The van der Waals surface area contributed by atoms with E-state index in [1.54, 1.807) is 14.1 Å². The van der Waals surface area contributed by atoms with E-state index in [2.05, 4.69) is 0 Å². The topological polar surface area (TPSA) is 68.9 Å². The number of carbonyl (C=O) groups is 2. The van der Waals surface area contributed by atoms with Gasteiger partial charge in [-0.05, 0) is 13.8 Å². The Hall–Kier alpha value is -0.900. The largest absolute Gasteiger partial charge is 0.412 e. The van der Waals surface area contributed by atoms with Crippen molar-refractivity contribution >= 4 is 12.2 Å². The van der Waals surface area contributed by atoms with Crippen LogP contribution < -0.4 is 0 Å². The summed E-state index contributed by atoms with van der Waals surface area (Å²) in [4.78, 5) is 20.3. The van der Waals surface area contributed by atoms with Crippen LogP contribution in [0.3, 0.4) is 0 Å². The molecule has 0 aliphatic rings. The van der Waals surface area contributed by atoms with Gasteiger partial charge < -0.3 is 15.2 Å². The molecule has 0 aromatic rings. The van der Waals surface area contributed by atoms with Crippen LogP contribution in [0.15, 0.2) is 0 Å². The highest BCUT2D eigenvalue weighted by Gasteiger charge is 1.68. The van der Waals surface area contributed by atoms with Gasteiger partial charge in [0.2, 0.25) is 6.41 Å². The van der Waals surface area contributed by atoms with Crippen LogP contribution in [0.4, 0.5) is 0 Å². The Kier molecular flexibility index (Phi) is 17.6. The van der Waals surface area contributed by atoms with Crippen molar-refractivity contribution in [1.29, 1.82) is 0 Å². The summed E-state index contributed by atoms with van der Waals surface area (Å²) in [6.45, 7) is 3.06. The number of amides is 1. The zero-order valence-electron chi connectivity index (χ0n) is 6.84. The van der Waals surface area contributed by atoms with E-state index >= 15 is 0 Å². The second-order valence-corrected chi connectivity index (χ2v) is 1.98. The van der Waals surface area contributed by atoms with Crippen LogP contribution in [-0.2, 0) is 9.59 Å². The summed E-state index contributed by atoms with van der Waals surface area (Å²) in [5, 5.41) is 0. The first-order valence-corrected chi connectivity index (χ1v) is 2.59. The van der Waals surface area contributed by atoms with E-state index in [-0.39, 0.29) is 11.3 Å². The van der Waals surface area contributed by atoms with Crippen molar-refractivity contribution in [3.05, 3.63) is 0 Å². The molecule has 0 aliphatic heterocycles. The van der Waals surface area contributed by atoms with Crippen molar-refractivity contribution in [3.63, 3.8) is 0 Å². The molecule has 1 amide bonds. The predicted octanol–water partition coefficient (Wildman–Crippen LogP) is -0.525. The third-order valence-corrected chi connectivity index (χ3v) is 0.211. The van der Waals surface area contributed by atoms with Gasteiger partial charge in [-0.1, -0.05) is 0 Å². The van der Waals surface area contributed by atoms with Crippen LogP contribution >= 0.6 is 0 Å². The van der Waals surface area contributed by atoms with E-state index in [0.29, 0.717) is 0 Å². The lowest BCUT2D eigenvalue weighted by Gasteiger charge is -1.93. The van der Waals surface area contributed by atoms with E-state index < -0.39 is 0 Å². The fraction of sp³-hybridized carbons (Fsp3) is 0.667. The minimum atomic E-state index is 0. The molecule has 62 valence electrons. The minimum Gasteiger partial charge on any atom is -0.412 e. The Morgan fingerprint density at radius 2 is 1.40 bits per heavy atom. The van der Waals surface area contributed by atoms with Gasteiger partial charge in [-0.15, -0.1) is 0 Å². The third-order valence-electron chi connectivity index (χ3n) is 0.211. The summed E-state index contributed by atoms with van der Waals surface area (Å²) in [5.41, 5.74) is 0. The molecule has 4 nitrogen and oxygen atoms in total. The van der Waals surface area contributed by atoms with Gasteiger partial charge >= 0.3 is 0 Å². The van der Waals surface area contributed by atoms with Gasteiger partial charge in [0, 0.05) is 14.1 Å². The number of hydrogen-bond acceptors (Lipinski definition) is 2. The quantitative estimate of drug-likeness (QED) is 0.470. The first-order chi connectivity index (χ1) is 4.00. The first-order valence-electron chi connectivity index (χ1n) is 2.59. The second kappa shape index (κ2) is 11.0. The maximum Gasteiger partial charge on any atom is 0.209 e. The van der Waals surface area contributed by atoms with E-state index in [1.807, 2.05) is 0 Å². The van der Waals surface area contributed by atoms with Crippen LogP contribution in [0, 0.1) is 0 Å². The summed E-state index contributed by atoms with van der Waals surface area (Å²) in [6, 6.07) is 0. The molecule has 10 heavy (non-hydrogen) atoms. The van der Waals surface area contributed by atoms with Crippen LogP contribution in [0.2, 0.25) is 0 Å². The maximum atomic E-state index is 9.44. The SMILES string of the molecule is CC(C)=O.CN(C)C=O.O. The van der Waals surface area contributed by atoms with Crippen LogP contribution in [0.1, 0.15) is 13.8 Å². The summed E-state index contributed by atoms with van der Waals surface area (Å²) in [7, 11) is 3.38. The van der Waals surface area contributed by atoms with Gasteiger partial charge in [0.25, 0.3) is 0 Å². The summed E-state index contributed by atoms with van der Waals surface area (Å²) < 4.78 is 0. The Morgan fingerprint density at radius 3 is 1.40 bits per heavy atom. The number of nitrogens with zero attached hydrogens (tertiary/aromatic N) is 1. The van der Waals surface area contributed by atoms with E-state index in [4.69, 9.17) is 0 Å². The molecule has 0 rings (SSSR count). The highest BCUT2D eigenvalue weighted by Crippen LogP contribution is 1.52. The van der Waals surface area contributed by atoms with E-state index in [0.717, 1.165) is 6.41 Å². The molecule has 0 bridgehead atoms. The van der Waals surface area contributed by atoms with Gasteiger partial charge in [0.1, 0.15) is 5.78 Å². The van der Waals surface area contributed by atoms with Gasteiger partial charge in [0.15, 0.2) is 0 Å². The second-order valence-electron chi connectivity index (χ2n) is 1.98. The molecule has 4 heteroatoms. The average Bonchev–Trinajstić information content (AvgIpc) is 1.65. The molecule has 0 spiro atoms. The maximum absolute atomic E-state index is 9.44. The van der Waals surface area contributed by atoms with Gasteiger partial charge in [0.05, 0.1) is 0 Å². The Balaban J connectivity index is -0.0000000910. The van der Waals surface area contributed by atoms with E-state index in [9.17, 15) is 9.59 Å². The summed E-state index contributed by atoms with van der Waals surface area (Å²) >= 11 is 0. The molecule has 0 aromatic carbocycles. The summed E-state index contributed by atoms with van der Waals surface area (Å²) in [5.74, 6) is 0.167. The normalized spacial score (nSPS) is 6.00. The number of carbonyl (C=O) groups excluding carboxylic acids is 2. The smallest absolute Gasteiger partial charge is 0.209 e. The molecule has 0 saturated heterocycles. The molecule has 0 radical (unpaired) electrons. The van der Waals surface area contributed by atoms with Crippen molar-refractivity contribution in [2.45, 2.75) is 13.8 Å². The predicted molar refractivity (Wildman–Crippen MR) is 39.7 cm³/mol. The summed E-state index contributed by atoms with van der Waals surface area (Å²) in [6.07, 6.45) is 0.750. The van der Waals surface area contributed by atoms with Crippen molar-refractivity contribution in [2.75, 3.05) is 14.1 Å². The molecule has 0 atom stereocenters. The average molecular weight is 149 g/mol. The van der Waals surface area contributed by atoms with Gasteiger partial charge in [-0.3, -0.25) is 4.79 Å². The Labute approximate surface area is 61.1 Å². The van der Waals surface area contributed by atoms with E-state index in [1.165, 1.54) is 18.7 Å². The fourth-order valence-corrected chi connectivity index (χ4v) is 0. The molecule has 0 unspecified atom stereocenters. The Bertz CT molecular complexity index is 87.0. The first kappa shape index (κ1) is 16.0. The van der Waals surface area contributed by atoms with Gasteiger partial charge in [-0.2, -0.15) is 0 Å². The number of ketones is 1. The van der Waals surface area contributed by atoms with Crippen molar-refractivity contribution in [2.24, 2.45) is 0 Å². The Morgan fingerprint density at radius 1 is 1.30 bits per heavy atom. The lowest BCUT2D eigenvalue weighted by molar-refractivity contribution is -0.116. The highest BCUT2D eigenvalue weighted by atomic mass is 16.1. The van der Waals surface area contributed by atoms with Crippen LogP contribution in [-0.4, -0.2) is 36.7 Å². The minimum absolute atomic E-state index is 0. The van der Waals surface area contributed by atoms with Gasteiger partial charge in [-0.25, -0.2) is 0 Å². The molecule has 0 aromatic heterocycles. The molecule has 2 N–H and O–H groups in total. The number of rotatable bonds is 1. The highest BCUT2D eigenvalue weighted by molar-refractivity contribution is 5.72. The standard InChI is InChI=1S/C3H7NO.C3H6O.H2O/c1-4(2)3-5;1-3(2)4;/h3H,1-2H3;1-2H3;1H2. The monoisotopic (exact) mass is 149 g/mol. The fourth-order valence-electron chi connectivity index (χ4n) is 0. The molecular formula is C6H15NO3. The molecule has 0 heterocycles. The van der Waals surface area contributed by atoms with Crippen molar-refractivity contribution in [3.8, 4) is 0 Å². The lowest BCUT2D eigenvalue weighted by Crippen LogP contribution is -2.06. The van der Waals surface area contributed by atoms with Crippen LogP contribution in [0.5, 0.6) is 0 Å². The molecule has 0 saturated carbocycles. The molecular weight excluding hydrogens is 134 g/mol. The lowest BCUT2D eigenvalue weighted by atomic mass is 10.6. The molecule has 0 aliphatic carbocycles. The number of Topliss-reactive ketones (excluding diaryl/α,β-unsaturated/α-hetero) is 1. The number of hydrogen-bond donors (Lipinski definition) is 0. The van der Waals surface area contributed by atoms with Crippen molar-refractivity contribution < 1.29 is 15.1 Å². The van der Waals surface area contributed by atoms with Crippen LogP contribution in [0.25, 0.3) is 0 Å². The third kappa shape index (κ3) is 218. The molecule has 0 fully saturated rings. The zero-order valence-corrected chi connectivity index (χ0v) is 6.84.